The molecular formula is C23H45OP. The molecule has 2 heteroatoms. The van der Waals surface area contributed by atoms with Crippen LogP contribution in [0.25, 0.3) is 0 Å². The van der Waals surface area contributed by atoms with E-state index in [0.717, 1.165) is 26.2 Å². The van der Waals surface area contributed by atoms with Gasteiger partial charge in [0.1, 0.15) is 11.9 Å². The van der Waals surface area contributed by atoms with Crippen molar-refractivity contribution in [2.75, 3.05) is 6.16 Å². The summed E-state index contributed by atoms with van der Waals surface area (Å²) in [6, 6.07) is 0. The molecule has 1 saturated carbocycles. The summed E-state index contributed by atoms with van der Waals surface area (Å²) in [4.78, 5) is 0. The van der Waals surface area contributed by atoms with Crippen molar-refractivity contribution >= 4 is 8.58 Å². The molecule has 0 aromatic rings. The molecule has 1 fully saturated rings. The van der Waals surface area contributed by atoms with E-state index in [4.69, 9.17) is 4.74 Å². The lowest BCUT2D eigenvalue weighted by Crippen LogP contribution is -2.25. The Hall–Kier alpha value is -0.290. The van der Waals surface area contributed by atoms with Crippen LogP contribution < -0.4 is 0 Å². The molecule has 0 aromatic heterocycles. The van der Waals surface area contributed by atoms with E-state index in [0.29, 0.717) is 6.10 Å². The molecule has 2 unspecified atom stereocenters. The lowest BCUT2D eigenvalue weighted by atomic mass is 9.83. The van der Waals surface area contributed by atoms with Crippen molar-refractivity contribution in [2.45, 2.75) is 105 Å². The number of allylic oxidation sites excluding steroid dienone is 2. The maximum Gasteiger partial charge on any atom is 0.119 e. The first-order chi connectivity index (χ1) is 12.2. The summed E-state index contributed by atoms with van der Waals surface area (Å²) in [5.41, 5.74) is 0. The van der Waals surface area contributed by atoms with Crippen LogP contribution in [0.15, 0.2) is 23.7 Å². The van der Waals surface area contributed by atoms with Gasteiger partial charge in [0.25, 0.3) is 0 Å². The van der Waals surface area contributed by atoms with Crippen LogP contribution in [0.5, 0.6) is 0 Å². The minimum Gasteiger partial charge on any atom is -0.490 e. The topological polar surface area (TPSA) is 9.23 Å². The van der Waals surface area contributed by atoms with Crippen LogP contribution in [0.3, 0.4) is 0 Å². The van der Waals surface area contributed by atoms with E-state index in [2.05, 4.69) is 45.7 Å². The predicted molar refractivity (Wildman–Crippen MR) is 118 cm³/mol. The molecule has 0 amide bonds. The normalized spacial score (nSPS) is 19.9. The molecule has 2 rings (SSSR count). The van der Waals surface area contributed by atoms with Crippen LogP contribution in [-0.4, -0.2) is 12.3 Å². The average molecular weight is 369 g/mol. The van der Waals surface area contributed by atoms with Crippen LogP contribution >= 0.6 is 8.58 Å². The van der Waals surface area contributed by atoms with Crippen molar-refractivity contribution in [2.24, 2.45) is 11.8 Å². The van der Waals surface area contributed by atoms with Gasteiger partial charge in [0.2, 0.25) is 0 Å². The standard InChI is InChI=1S/C16H27OP.C5H12.C2H6/c1-2-8-16(14-9-4-3-5-10-14)17-15-11-6-7-12-18-13-15;1-4-5(2)3;1-2/h6,11,13-14,16,18H,2-5,7-10,12H2,1H3;5H,4H2,1-3H3;1-2H3. The minimum absolute atomic E-state index is 0.467. The summed E-state index contributed by atoms with van der Waals surface area (Å²) in [6.45, 7) is 12.9. The van der Waals surface area contributed by atoms with Crippen molar-refractivity contribution < 1.29 is 4.74 Å². The Morgan fingerprint density at radius 3 is 2.32 bits per heavy atom. The molecule has 1 nitrogen and oxygen atoms in total. The maximum atomic E-state index is 6.33. The fraction of sp³-hybridized carbons (Fsp3) is 0.826. The Morgan fingerprint density at radius 2 is 1.76 bits per heavy atom. The second-order valence-corrected chi connectivity index (χ2v) is 8.53. The van der Waals surface area contributed by atoms with E-state index in [1.165, 1.54) is 63.9 Å². The van der Waals surface area contributed by atoms with Crippen LogP contribution in [-0.2, 0) is 4.74 Å². The van der Waals surface area contributed by atoms with Gasteiger partial charge in [-0.25, -0.2) is 0 Å². The Morgan fingerprint density at radius 1 is 1.12 bits per heavy atom. The predicted octanol–water partition coefficient (Wildman–Crippen LogP) is 8.31. The largest absolute Gasteiger partial charge is 0.490 e. The zero-order chi connectivity index (χ0) is 18.9. The fourth-order valence-electron chi connectivity index (χ4n) is 3.02. The molecule has 2 aliphatic rings. The lowest BCUT2D eigenvalue weighted by molar-refractivity contribution is 0.0464. The van der Waals surface area contributed by atoms with Gasteiger partial charge in [-0.05, 0) is 55.6 Å². The molecule has 1 aliphatic heterocycles. The number of hydrogen-bond donors (Lipinski definition) is 0. The van der Waals surface area contributed by atoms with Gasteiger partial charge >= 0.3 is 0 Å². The highest BCUT2D eigenvalue weighted by molar-refractivity contribution is 7.41. The molecule has 148 valence electrons. The Labute approximate surface area is 160 Å². The molecule has 0 radical (unpaired) electrons. The average Bonchev–Trinajstić information content (AvgIpc) is 2.93. The van der Waals surface area contributed by atoms with Gasteiger partial charge in [-0.3, -0.25) is 0 Å². The van der Waals surface area contributed by atoms with Gasteiger partial charge in [-0.1, -0.05) is 88.3 Å². The third-order valence-corrected chi connectivity index (χ3v) is 5.90. The summed E-state index contributed by atoms with van der Waals surface area (Å²) in [6.07, 6.45) is 18.2. The van der Waals surface area contributed by atoms with Gasteiger partial charge < -0.3 is 4.74 Å². The fourth-order valence-corrected chi connectivity index (χ4v) is 3.86. The first kappa shape index (κ1) is 24.7. The minimum atomic E-state index is 0.467. The van der Waals surface area contributed by atoms with Crippen LogP contribution in [0.1, 0.15) is 99.3 Å². The number of ether oxygens (including phenoxy) is 1. The van der Waals surface area contributed by atoms with Gasteiger partial charge in [0.15, 0.2) is 0 Å². The van der Waals surface area contributed by atoms with Crippen LogP contribution in [0.2, 0.25) is 0 Å². The highest BCUT2D eigenvalue weighted by Gasteiger charge is 2.24. The second-order valence-electron chi connectivity index (χ2n) is 7.34. The SMILES string of the molecule is CC.CCC(C)C.CCCC(OC1=CPCCC=C1)C1CCCCC1. The van der Waals surface area contributed by atoms with Gasteiger partial charge in [0, 0.05) is 0 Å². The van der Waals surface area contributed by atoms with E-state index < -0.39 is 0 Å². The Bertz CT molecular complexity index is 340. The third kappa shape index (κ3) is 12.7. The summed E-state index contributed by atoms with van der Waals surface area (Å²) in [5.74, 6) is 5.15. The van der Waals surface area contributed by atoms with Crippen molar-refractivity contribution in [1.82, 2.24) is 0 Å². The van der Waals surface area contributed by atoms with E-state index in [1.54, 1.807) is 0 Å². The third-order valence-electron chi connectivity index (χ3n) is 4.83. The summed E-state index contributed by atoms with van der Waals surface area (Å²) < 4.78 is 6.33. The van der Waals surface area contributed by atoms with Crippen molar-refractivity contribution in [1.29, 1.82) is 0 Å². The zero-order valence-electron chi connectivity index (χ0n) is 17.9. The monoisotopic (exact) mass is 368 g/mol. The molecule has 0 aromatic carbocycles. The van der Waals surface area contributed by atoms with E-state index in [9.17, 15) is 0 Å². The Kier molecular flexibility index (Phi) is 16.9. The molecule has 0 bridgehead atoms. The summed E-state index contributed by atoms with van der Waals surface area (Å²) in [7, 11) is 0.936. The van der Waals surface area contributed by atoms with Crippen LogP contribution in [0.4, 0.5) is 0 Å². The highest BCUT2D eigenvalue weighted by Crippen LogP contribution is 2.32. The number of rotatable bonds is 6. The summed E-state index contributed by atoms with van der Waals surface area (Å²) in [5, 5.41) is 0. The molecule has 1 heterocycles. The van der Waals surface area contributed by atoms with Crippen molar-refractivity contribution in [3.05, 3.63) is 23.7 Å². The van der Waals surface area contributed by atoms with Crippen molar-refractivity contribution in [3.63, 3.8) is 0 Å². The molecule has 2 atom stereocenters. The smallest absolute Gasteiger partial charge is 0.119 e. The zero-order valence-corrected chi connectivity index (χ0v) is 18.9. The number of hydrogen-bond acceptors (Lipinski definition) is 1. The molecule has 0 saturated heterocycles. The molecule has 1 aliphatic carbocycles. The summed E-state index contributed by atoms with van der Waals surface area (Å²) >= 11 is 0. The van der Waals surface area contributed by atoms with E-state index in [-0.39, 0.29) is 0 Å². The molecule has 0 spiro atoms. The first-order valence-corrected chi connectivity index (χ1v) is 12.2. The molecule has 0 N–H and O–H groups in total. The van der Waals surface area contributed by atoms with Gasteiger partial charge in [-0.15, -0.1) is 0 Å². The maximum absolute atomic E-state index is 6.33. The van der Waals surface area contributed by atoms with Crippen molar-refractivity contribution in [3.8, 4) is 0 Å². The van der Waals surface area contributed by atoms with Crippen LogP contribution in [0, 0.1) is 11.8 Å². The second kappa shape index (κ2) is 17.1. The molecular weight excluding hydrogens is 323 g/mol. The lowest BCUT2D eigenvalue weighted by Gasteiger charge is -2.31. The van der Waals surface area contributed by atoms with E-state index in [1.807, 2.05) is 13.8 Å². The van der Waals surface area contributed by atoms with Gasteiger partial charge in [-0.2, -0.15) is 0 Å². The first-order valence-electron chi connectivity index (χ1n) is 10.9. The Balaban J connectivity index is 0.000000710. The van der Waals surface area contributed by atoms with Gasteiger partial charge in [0.05, 0.1) is 0 Å². The highest BCUT2D eigenvalue weighted by atomic mass is 31.1. The quantitative estimate of drug-likeness (QED) is 0.428. The van der Waals surface area contributed by atoms with E-state index >= 15 is 0 Å². The molecule has 25 heavy (non-hydrogen) atoms.